The van der Waals surface area contributed by atoms with Crippen molar-refractivity contribution in [2.24, 2.45) is 16.7 Å². The minimum atomic E-state index is -2.67. The van der Waals surface area contributed by atoms with Crippen molar-refractivity contribution in [3.8, 4) is 0 Å². The Hall–Kier alpha value is -5.55. The third-order valence-electron chi connectivity index (χ3n) is 15.4. The number of esters is 3. The maximum absolute atomic E-state index is 16.5. The minimum Gasteiger partial charge on any atom is -0.457 e. The van der Waals surface area contributed by atoms with Crippen molar-refractivity contribution in [3.05, 3.63) is 119 Å². The van der Waals surface area contributed by atoms with E-state index in [1.165, 1.54) is 31.2 Å². The van der Waals surface area contributed by atoms with Gasteiger partial charge in [0.25, 0.3) is 0 Å². The monoisotopic (exact) mass is 956 g/mol. The van der Waals surface area contributed by atoms with Gasteiger partial charge in [0.1, 0.15) is 42.8 Å². The molecule has 3 aromatic carbocycles. The molecule has 3 aliphatic carbocycles. The van der Waals surface area contributed by atoms with E-state index >= 15 is 4.79 Å². The second-order valence-electron chi connectivity index (χ2n) is 19.2. The molecule has 1 aliphatic heterocycles. The molecule has 1 heterocycles. The predicted molar refractivity (Wildman–Crippen MR) is 246 cm³/mol. The van der Waals surface area contributed by atoms with Crippen LogP contribution in [-0.2, 0) is 53.8 Å². The number of ether oxygens (including phenoxy) is 6. The van der Waals surface area contributed by atoms with Crippen LogP contribution in [0.3, 0.4) is 0 Å². The van der Waals surface area contributed by atoms with E-state index in [9.17, 15) is 33.5 Å². The van der Waals surface area contributed by atoms with Crippen LogP contribution in [0.4, 0.5) is 9.18 Å². The first-order valence-electron chi connectivity index (χ1n) is 23.3. The number of carbonyl (C=O) groups is 6. The Balaban J connectivity index is 1.46. The number of Topliss-reactive ketones (excluding diaryl/α,β-unsaturated/α-hetero) is 2. The fraction of sp³-hybridized carbons (Fsp3) is 0.500. The van der Waals surface area contributed by atoms with E-state index in [4.69, 9.17) is 32.8 Å². The molecule has 4 aliphatic rings. The van der Waals surface area contributed by atoms with Crippen LogP contribution in [-0.4, -0.2) is 97.4 Å². The van der Waals surface area contributed by atoms with Gasteiger partial charge in [-0.1, -0.05) is 83.1 Å². The molecule has 3 aromatic rings. The van der Waals surface area contributed by atoms with Crippen LogP contribution in [0.2, 0.25) is 18.1 Å². The summed E-state index contributed by atoms with van der Waals surface area (Å²) in [6, 6.07) is 23.5. The van der Waals surface area contributed by atoms with Crippen molar-refractivity contribution in [2.75, 3.05) is 6.61 Å². The summed E-state index contributed by atoms with van der Waals surface area (Å²) in [4.78, 5) is 85.9. The van der Waals surface area contributed by atoms with E-state index < -0.39 is 121 Å². The first-order valence-corrected chi connectivity index (χ1v) is 25.8. The lowest BCUT2D eigenvalue weighted by Crippen LogP contribution is -2.82. The lowest BCUT2D eigenvalue weighted by molar-refractivity contribution is -0.344. The number of aliphatic hydroxyl groups is 1. The Kier molecular flexibility index (Phi) is 14.4. The fourth-order valence-corrected chi connectivity index (χ4v) is 14.2. The molecule has 364 valence electrons. The average Bonchev–Trinajstić information content (AvgIpc) is 3.31. The Labute approximate surface area is 396 Å². The summed E-state index contributed by atoms with van der Waals surface area (Å²) in [5.41, 5.74) is -6.61. The Morgan fingerprint density at radius 1 is 0.838 bits per heavy atom. The van der Waals surface area contributed by atoms with E-state index in [-0.39, 0.29) is 41.9 Å². The van der Waals surface area contributed by atoms with Crippen LogP contribution in [0, 0.1) is 22.6 Å². The van der Waals surface area contributed by atoms with Crippen molar-refractivity contribution in [3.63, 3.8) is 0 Å². The van der Waals surface area contributed by atoms with Crippen LogP contribution in [0.25, 0.3) is 0 Å². The maximum atomic E-state index is 16.5. The van der Waals surface area contributed by atoms with Gasteiger partial charge in [0.05, 0.1) is 29.6 Å². The fourth-order valence-electron chi connectivity index (χ4n) is 11.2. The lowest BCUT2D eigenvalue weighted by atomic mass is 9.44. The standard InChI is InChI=1S/C52H61FO14Si/c1-9-68(10-2,11-3)67-39-27-40-51(30-62-40,66-32(5)54)44-46(65-47(58)35-20-16-13-17-21-35)52(60)28-38(63-41(56)26-37(55)34-22-24-36(53)25-23-34)31(4)42(49(52,6)7)43(45(57)50(39,44)8)64-48(59)61-29-33-18-14-12-15-19-33/h12-25,38-40,43-44,46,60H,9-11,26-30H2,1-8H3/t38-,39-,40+,43+,44?,46?,50+,51-,52+/m0/s1. The van der Waals surface area contributed by atoms with Crippen molar-refractivity contribution in [2.45, 2.75) is 141 Å². The zero-order valence-electron chi connectivity index (χ0n) is 39.8. The summed E-state index contributed by atoms with van der Waals surface area (Å²) in [5, 5.41) is 14.1. The molecule has 3 fully saturated rings. The van der Waals surface area contributed by atoms with Crippen LogP contribution >= 0.6 is 0 Å². The van der Waals surface area contributed by atoms with Gasteiger partial charge in [0.2, 0.25) is 0 Å². The predicted octanol–water partition coefficient (Wildman–Crippen LogP) is 8.44. The second-order valence-corrected chi connectivity index (χ2v) is 23.9. The lowest BCUT2D eigenvalue weighted by Gasteiger charge is -2.68. The summed E-state index contributed by atoms with van der Waals surface area (Å²) in [7, 11) is -2.67. The van der Waals surface area contributed by atoms with E-state index in [2.05, 4.69) is 0 Å². The van der Waals surface area contributed by atoms with Gasteiger partial charge in [-0.05, 0) is 85.1 Å². The van der Waals surface area contributed by atoms with Gasteiger partial charge in [-0.3, -0.25) is 19.2 Å². The summed E-state index contributed by atoms with van der Waals surface area (Å²) in [6.07, 6.45) is -9.41. The van der Waals surface area contributed by atoms with Gasteiger partial charge >= 0.3 is 24.1 Å². The molecule has 16 heteroatoms. The molecule has 9 atom stereocenters. The zero-order valence-corrected chi connectivity index (χ0v) is 40.8. The Morgan fingerprint density at radius 2 is 1.46 bits per heavy atom. The van der Waals surface area contributed by atoms with E-state index in [1.54, 1.807) is 76.2 Å². The number of benzene rings is 3. The molecule has 1 saturated heterocycles. The molecule has 14 nitrogen and oxygen atoms in total. The Bertz CT molecular complexity index is 2430. The number of hydrogen-bond acceptors (Lipinski definition) is 14. The summed E-state index contributed by atoms with van der Waals surface area (Å²) in [5.74, 6) is -6.07. The maximum Gasteiger partial charge on any atom is 0.509 e. The number of halogens is 1. The molecule has 2 unspecified atom stereocenters. The molecule has 0 amide bonds. The van der Waals surface area contributed by atoms with Gasteiger partial charge in [-0.15, -0.1) is 0 Å². The average molecular weight is 957 g/mol. The third-order valence-corrected chi connectivity index (χ3v) is 20.0. The first-order chi connectivity index (χ1) is 32.2. The van der Waals surface area contributed by atoms with Crippen molar-refractivity contribution >= 4 is 43.9 Å². The highest BCUT2D eigenvalue weighted by Gasteiger charge is 2.79. The molecule has 2 bridgehead atoms. The molecule has 0 aromatic heterocycles. The van der Waals surface area contributed by atoms with Gasteiger partial charge < -0.3 is 38.0 Å². The van der Waals surface area contributed by atoms with Gasteiger partial charge in [0, 0.05) is 30.7 Å². The normalized spacial score (nSPS) is 29.4. The van der Waals surface area contributed by atoms with Crippen LogP contribution < -0.4 is 0 Å². The van der Waals surface area contributed by atoms with E-state index in [0.717, 1.165) is 12.1 Å². The van der Waals surface area contributed by atoms with Crippen molar-refractivity contribution in [1.29, 1.82) is 0 Å². The minimum absolute atomic E-state index is 0.0354. The third kappa shape index (κ3) is 8.96. The molecule has 1 N–H and O–H groups in total. The smallest absolute Gasteiger partial charge is 0.457 e. The van der Waals surface area contributed by atoms with Crippen molar-refractivity contribution < 1.29 is 71.1 Å². The largest absolute Gasteiger partial charge is 0.509 e. The highest BCUT2D eigenvalue weighted by Crippen LogP contribution is 2.65. The summed E-state index contributed by atoms with van der Waals surface area (Å²) >= 11 is 0. The SMILES string of the molecule is CC[Si](CC)(CC)O[C@H]1C[C@H]2OC[C@@]2(OC(C)=O)C2C(OC(=O)c3ccccc3)[C@]3(O)C[C@H](OC(=O)CC(=O)c4ccc(F)cc4)C(C)=C([C@@H](OC(=O)OCc4ccccc4)C(=O)[C@@]21C)C3(C)C. The van der Waals surface area contributed by atoms with Gasteiger partial charge in [-0.2, -0.15) is 0 Å². The molecule has 68 heavy (non-hydrogen) atoms. The molecule has 7 rings (SSSR count). The van der Waals surface area contributed by atoms with Crippen LogP contribution in [0.5, 0.6) is 0 Å². The zero-order chi connectivity index (χ0) is 49.4. The van der Waals surface area contributed by atoms with Crippen LogP contribution in [0.1, 0.15) is 101 Å². The number of fused-ring (bicyclic) bond motifs is 5. The highest BCUT2D eigenvalue weighted by molar-refractivity contribution is 6.73. The molecule has 0 radical (unpaired) electrons. The highest BCUT2D eigenvalue weighted by atomic mass is 28.4. The number of ketones is 2. The quantitative estimate of drug-likeness (QED) is 0.0382. The number of rotatable bonds is 15. The van der Waals surface area contributed by atoms with Crippen LogP contribution in [0.15, 0.2) is 96.1 Å². The molecular formula is C52H61FO14Si. The first kappa shape index (κ1) is 50.3. The van der Waals surface area contributed by atoms with E-state index in [0.29, 0.717) is 23.7 Å². The number of hydrogen-bond donors (Lipinski definition) is 1. The molecule has 2 saturated carbocycles. The van der Waals surface area contributed by atoms with Gasteiger partial charge in [0.15, 0.2) is 31.6 Å². The van der Waals surface area contributed by atoms with Gasteiger partial charge in [-0.25, -0.2) is 14.0 Å². The summed E-state index contributed by atoms with van der Waals surface area (Å²) in [6.45, 7) is 13.3. The van der Waals surface area contributed by atoms with Crippen molar-refractivity contribution in [1.82, 2.24) is 0 Å². The second kappa shape index (κ2) is 19.4. The molecular weight excluding hydrogens is 896 g/mol. The Morgan fingerprint density at radius 3 is 2.03 bits per heavy atom. The topological polar surface area (TPSA) is 187 Å². The molecule has 0 spiro atoms. The van der Waals surface area contributed by atoms with E-state index in [1.807, 2.05) is 20.8 Å². The summed E-state index contributed by atoms with van der Waals surface area (Å²) < 4.78 is 58.3. The number of carbonyl (C=O) groups excluding carboxylic acids is 6.